The van der Waals surface area contributed by atoms with Gasteiger partial charge in [0.05, 0.1) is 15.9 Å². The van der Waals surface area contributed by atoms with Gasteiger partial charge in [0.2, 0.25) is 10.0 Å². The van der Waals surface area contributed by atoms with E-state index in [-0.39, 0.29) is 22.8 Å². The number of nitro groups is 1. The zero-order valence-electron chi connectivity index (χ0n) is 17.2. The maximum Gasteiger partial charge on any atom is 0.269 e. The molecule has 0 radical (unpaired) electrons. The third kappa shape index (κ3) is 6.47. The topological polar surface area (TPSA) is 132 Å². The zero-order chi connectivity index (χ0) is 23.1. The van der Waals surface area contributed by atoms with Crippen LogP contribution < -0.4 is 10.5 Å². The molecule has 9 heteroatoms. The number of hydrogen-bond acceptors (Lipinski definition) is 6. The van der Waals surface area contributed by atoms with Gasteiger partial charge >= 0.3 is 0 Å². The maximum atomic E-state index is 12.7. The highest BCUT2D eigenvalue weighted by molar-refractivity contribution is 7.89. The summed E-state index contributed by atoms with van der Waals surface area (Å²) < 4.78 is 22.9. The first-order valence-corrected chi connectivity index (χ1v) is 11.5. The lowest BCUT2D eigenvalue weighted by molar-refractivity contribution is -0.384. The Bertz CT molecular complexity index is 1200. The smallest absolute Gasteiger partial charge is 0.269 e. The second-order valence-corrected chi connectivity index (χ2v) is 8.91. The molecule has 0 aliphatic heterocycles. The van der Waals surface area contributed by atoms with E-state index in [1.54, 1.807) is 24.3 Å². The van der Waals surface area contributed by atoms with Crippen LogP contribution in [0.3, 0.4) is 0 Å². The summed E-state index contributed by atoms with van der Waals surface area (Å²) in [6, 6.07) is 21.0. The number of non-ortho nitro benzene ring substituents is 1. The minimum absolute atomic E-state index is 0.000912. The molecule has 0 heterocycles. The average molecular weight is 454 g/mol. The van der Waals surface area contributed by atoms with Gasteiger partial charge in [0, 0.05) is 30.7 Å². The van der Waals surface area contributed by atoms with E-state index in [4.69, 9.17) is 5.14 Å². The molecule has 0 saturated heterocycles. The number of carbonyl (C=O) groups is 1. The number of benzene rings is 3. The SMILES string of the molecule is NS(=O)(=O)c1ccc(NC(CC(=O)CCc2ccccc2)c2cccc([N+](=O)[O-])c2)cc1. The quantitative estimate of drug-likeness (QED) is 0.352. The molecule has 0 aliphatic rings. The average Bonchev–Trinajstić information content (AvgIpc) is 2.78. The van der Waals surface area contributed by atoms with Crippen LogP contribution in [0.15, 0.2) is 83.8 Å². The van der Waals surface area contributed by atoms with Gasteiger partial charge in [0.25, 0.3) is 5.69 Å². The third-order valence-electron chi connectivity index (χ3n) is 4.97. The second kappa shape index (κ2) is 10.2. The molecule has 166 valence electrons. The predicted octanol–water partition coefficient (Wildman–Crippen LogP) is 3.99. The van der Waals surface area contributed by atoms with Gasteiger partial charge in [-0.3, -0.25) is 14.9 Å². The number of aryl methyl sites for hydroxylation is 1. The predicted molar refractivity (Wildman–Crippen MR) is 122 cm³/mol. The number of primary sulfonamides is 1. The summed E-state index contributed by atoms with van der Waals surface area (Å²) in [4.78, 5) is 23.4. The maximum absolute atomic E-state index is 12.7. The fourth-order valence-corrected chi connectivity index (χ4v) is 3.82. The molecule has 0 fully saturated rings. The van der Waals surface area contributed by atoms with Crippen molar-refractivity contribution in [3.05, 3.63) is 100 Å². The number of hydrogen-bond donors (Lipinski definition) is 2. The summed E-state index contributed by atoms with van der Waals surface area (Å²) in [6.45, 7) is 0. The van der Waals surface area contributed by atoms with Gasteiger partial charge in [0.15, 0.2) is 0 Å². The normalized spacial score (nSPS) is 12.2. The number of Topliss-reactive ketones (excluding diaryl/α,β-unsaturated/α-hetero) is 1. The van der Waals surface area contributed by atoms with Crippen LogP contribution in [0.2, 0.25) is 0 Å². The summed E-state index contributed by atoms with van der Waals surface area (Å²) in [5, 5.41) is 19.5. The summed E-state index contributed by atoms with van der Waals surface area (Å²) >= 11 is 0. The molecular formula is C23H23N3O5S. The molecule has 0 bridgehead atoms. The number of anilines is 1. The summed E-state index contributed by atoms with van der Waals surface area (Å²) in [5.41, 5.74) is 2.13. The second-order valence-electron chi connectivity index (χ2n) is 7.35. The van der Waals surface area contributed by atoms with Crippen molar-refractivity contribution >= 4 is 27.2 Å². The number of nitro benzene ring substituents is 1. The molecule has 8 nitrogen and oxygen atoms in total. The van der Waals surface area contributed by atoms with Crippen LogP contribution in [0, 0.1) is 10.1 Å². The van der Waals surface area contributed by atoms with E-state index in [2.05, 4.69) is 5.32 Å². The Morgan fingerprint density at radius 2 is 1.69 bits per heavy atom. The third-order valence-corrected chi connectivity index (χ3v) is 5.90. The Balaban J connectivity index is 1.80. The van der Waals surface area contributed by atoms with Crippen LogP contribution in [-0.2, 0) is 21.2 Å². The molecule has 0 aliphatic carbocycles. The molecule has 0 aromatic heterocycles. The Kier molecular flexibility index (Phi) is 7.34. The number of nitrogens with two attached hydrogens (primary N) is 1. The number of rotatable bonds is 10. The highest BCUT2D eigenvalue weighted by atomic mass is 32.2. The van der Waals surface area contributed by atoms with Crippen molar-refractivity contribution in [3.8, 4) is 0 Å². The van der Waals surface area contributed by atoms with E-state index < -0.39 is 21.0 Å². The number of carbonyl (C=O) groups excluding carboxylic acids is 1. The van der Waals surface area contributed by atoms with E-state index in [0.29, 0.717) is 24.1 Å². The van der Waals surface area contributed by atoms with E-state index in [1.165, 1.54) is 24.3 Å². The molecule has 32 heavy (non-hydrogen) atoms. The Labute approximate surface area is 186 Å². The monoisotopic (exact) mass is 453 g/mol. The molecule has 3 rings (SSSR count). The van der Waals surface area contributed by atoms with Crippen molar-refractivity contribution in [2.45, 2.75) is 30.2 Å². The van der Waals surface area contributed by atoms with Gasteiger partial charge in [-0.05, 0) is 41.8 Å². The van der Waals surface area contributed by atoms with Gasteiger partial charge in [-0.15, -0.1) is 0 Å². The first-order chi connectivity index (χ1) is 15.2. The molecule has 3 aromatic rings. The van der Waals surface area contributed by atoms with E-state index in [0.717, 1.165) is 5.56 Å². The standard InChI is InChI=1S/C23H23N3O5S/c24-32(30,31)22-13-10-19(11-14-22)25-23(18-7-4-8-20(15-18)26(28)29)16-21(27)12-9-17-5-2-1-3-6-17/h1-8,10-11,13-15,23,25H,9,12,16H2,(H2,24,30,31). The van der Waals surface area contributed by atoms with Gasteiger partial charge in [-0.1, -0.05) is 42.5 Å². The van der Waals surface area contributed by atoms with Gasteiger partial charge in [0.1, 0.15) is 5.78 Å². The van der Waals surface area contributed by atoms with Crippen LogP contribution in [0.4, 0.5) is 11.4 Å². The molecule has 1 unspecified atom stereocenters. The van der Waals surface area contributed by atoms with E-state index >= 15 is 0 Å². The van der Waals surface area contributed by atoms with Crippen LogP contribution >= 0.6 is 0 Å². The minimum atomic E-state index is -3.82. The van der Waals surface area contributed by atoms with Crippen LogP contribution in [-0.4, -0.2) is 19.1 Å². The van der Waals surface area contributed by atoms with Crippen molar-refractivity contribution < 1.29 is 18.1 Å². The molecule has 0 amide bonds. The molecular weight excluding hydrogens is 430 g/mol. The summed E-state index contributed by atoms with van der Waals surface area (Å²) in [5.74, 6) is -0.000912. The van der Waals surface area contributed by atoms with Crippen LogP contribution in [0.5, 0.6) is 0 Å². The molecule has 1 atom stereocenters. The van der Waals surface area contributed by atoms with E-state index in [1.807, 2.05) is 30.3 Å². The van der Waals surface area contributed by atoms with Crippen molar-refractivity contribution in [1.29, 1.82) is 0 Å². The lowest BCUT2D eigenvalue weighted by Gasteiger charge is -2.20. The first-order valence-electron chi connectivity index (χ1n) is 9.92. The van der Waals surface area contributed by atoms with Crippen molar-refractivity contribution in [2.75, 3.05) is 5.32 Å². The number of nitrogens with zero attached hydrogens (tertiary/aromatic N) is 1. The largest absolute Gasteiger partial charge is 0.378 e. The van der Waals surface area contributed by atoms with Gasteiger partial charge < -0.3 is 5.32 Å². The lowest BCUT2D eigenvalue weighted by atomic mass is 9.97. The first kappa shape index (κ1) is 23.1. The van der Waals surface area contributed by atoms with Crippen molar-refractivity contribution in [1.82, 2.24) is 0 Å². The fraction of sp³-hybridized carbons (Fsp3) is 0.174. The Morgan fingerprint density at radius 1 is 1.00 bits per heavy atom. The van der Waals surface area contributed by atoms with Gasteiger partial charge in [-0.2, -0.15) is 0 Å². The molecule has 0 saturated carbocycles. The summed E-state index contributed by atoms with van der Waals surface area (Å²) in [6.07, 6.45) is 1.05. The fourth-order valence-electron chi connectivity index (χ4n) is 3.31. The van der Waals surface area contributed by atoms with Crippen molar-refractivity contribution in [3.63, 3.8) is 0 Å². The highest BCUT2D eigenvalue weighted by Gasteiger charge is 2.19. The van der Waals surface area contributed by atoms with Crippen LogP contribution in [0.25, 0.3) is 0 Å². The lowest BCUT2D eigenvalue weighted by Crippen LogP contribution is -2.17. The molecule has 0 spiro atoms. The zero-order valence-corrected chi connectivity index (χ0v) is 18.0. The molecule has 3 N–H and O–H groups in total. The van der Waals surface area contributed by atoms with Gasteiger partial charge in [-0.25, -0.2) is 13.6 Å². The van der Waals surface area contributed by atoms with Crippen LogP contribution in [0.1, 0.15) is 30.0 Å². The number of ketones is 1. The van der Waals surface area contributed by atoms with E-state index in [9.17, 15) is 23.3 Å². The molecule has 3 aromatic carbocycles. The minimum Gasteiger partial charge on any atom is -0.378 e. The number of nitrogens with one attached hydrogen (secondary N) is 1. The number of sulfonamides is 1. The summed E-state index contributed by atoms with van der Waals surface area (Å²) in [7, 11) is -3.82. The highest BCUT2D eigenvalue weighted by Crippen LogP contribution is 2.27. The van der Waals surface area contributed by atoms with Crippen molar-refractivity contribution in [2.24, 2.45) is 5.14 Å². The Hall–Kier alpha value is -3.56. The Morgan fingerprint density at radius 3 is 2.31 bits per heavy atom.